The highest BCUT2D eigenvalue weighted by molar-refractivity contribution is 7.11. The van der Waals surface area contributed by atoms with E-state index in [2.05, 4.69) is 19.9 Å². The number of anilines is 2. The minimum absolute atomic E-state index is 0.00927. The zero-order valence-corrected chi connectivity index (χ0v) is 11.9. The second-order valence-electron chi connectivity index (χ2n) is 4.81. The van der Waals surface area contributed by atoms with Gasteiger partial charge in [-0.05, 0) is 11.5 Å². The molecule has 0 saturated carbocycles. The van der Waals surface area contributed by atoms with Gasteiger partial charge < -0.3 is 26.2 Å². The Balaban J connectivity index is 1.84. The van der Waals surface area contributed by atoms with E-state index in [-0.39, 0.29) is 23.8 Å². The lowest BCUT2D eigenvalue weighted by molar-refractivity contribution is 0.0964. The molecule has 3 rings (SSSR count). The highest BCUT2D eigenvalue weighted by atomic mass is 32.1. The molecule has 3 amide bonds. The summed E-state index contributed by atoms with van der Waals surface area (Å²) in [6.07, 6.45) is 0. The van der Waals surface area contributed by atoms with E-state index in [0.29, 0.717) is 31.7 Å². The number of rotatable bonds is 2. The Bertz CT molecular complexity index is 559. The van der Waals surface area contributed by atoms with Gasteiger partial charge in [0.05, 0.1) is 6.04 Å². The molecule has 0 aromatic carbocycles. The standard InChI is InChI=1S/C11H16N6O2S/c1-13-9(18)7-8(12)15-20-10(7)16-2-3-17-6(5-16)4-14-11(17)19/h6H,2-5H2,1H3,(H2,12,15)(H,13,18)(H,14,19). The predicted octanol–water partition coefficient (Wildman–Crippen LogP) is -0.701. The molecule has 1 unspecified atom stereocenters. The molecule has 108 valence electrons. The molecule has 1 aromatic rings. The van der Waals surface area contributed by atoms with Crippen LogP contribution in [-0.4, -0.2) is 60.5 Å². The van der Waals surface area contributed by atoms with Gasteiger partial charge in [0.1, 0.15) is 10.6 Å². The second kappa shape index (κ2) is 4.82. The van der Waals surface area contributed by atoms with Crippen molar-refractivity contribution in [1.29, 1.82) is 0 Å². The Labute approximate surface area is 120 Å². The number of hydrogen-bond acceptors (Lipinski definition) is 6. The van der Waals surface area contributed by atoms with E-state index in [1.165, 1.54) is 11.5 Å². The molecule has 2 aliphatic heterocycles. The number of urea groups is 1. The van der Waals surface area contributed by atoms with E-state index >= 15 is 0 Å². The van der Waals surface area contributed by atoms with Crippen molar-refractivity contribution >= 4 is 34.3 Å². The summed E-state index contributed by atoms with van der Waals surface area (Å²) in [4.78, 5) is 27.4. The van der Waals surface area contributed by atoms with Crippen LogP contribution < -0.4 is 21.3 Å². The molecule has 2 saturated heterocycles. The van der Waals surface area contributed by atoms with E-state index in [4.69, 9.17) is 5.73 Å². The molecule has 2 aliphatic rings. The number of nitrogens with one attached hydrogen (secondary N) is 2. The van der Waals surface area contributed by atoms with Crippen LogP contribution in [0.5, 0.6) is 0 Å². The Morgan fingerprint density at radius 2 is 2.35 bits per heavy atom. The van der Waals surface area contributed by atoms with Crippen LogP contribution in [0.3, 0.4) is 0 Å². The largest absolute Gasteiger partial charge is 0.382 e. The maximum absolute atomic E-state index is 11.9. The minimum Gasteiger partial charge on any atom is -0.382 e. The van der Waals surface area contributed by atoms with Crippen molar-refractivity contribution in [3.05, 3.63) is 5.56 Å². The van der Waals surface area contributed by atoms with Crippen LogP contribution in [0.1, 0.15) is 10.4 Å². The van der Waals surface area contributed by atoms with Crippen LogP contribution in [0.2, 0.25) is 0 Å². The monoisotopic (exact) mass is 296 g/mol. The van der Waals surface area contributed by atoms with Gasteiger partial charge in [0.2, 0.25) is 0 Å². The Morgan fingerprint density at radius 1 is 1.55 bits per heavy atom. The summed E-state index contributed by atoms with van der Waals surface area (Å²) in [6.45, 7) is 2.64. The zero-order valence-electron chi connectivity index (χ0n) is 11.0. The van der Waals surface area contributed by atoms with Gasteiger partial charge in [-0.3, -0.25) is 4.79 Å². The molecule has 0 aliphatic carbocycles. The lowest BCUT2D eigenvalue weighted by Crippen LogP contribution is -2.52. The number of hydrogen-bond donors (Lipinski definition) is 3. The summed E-state index contributed by atoms with van der Waals surface area (Å²) >= 11 is 1.23. The highest BCUT2D eigenvalue weighted by Gasteiger charge is 2.37. The van der Waals surface area contributed by atoms with Crippen LogP contribution in [-0.2, 0) is 0 Å². The molecule has 0 radical (unpaired) electrons. The van der Waals surface area contributed by atoms with Gasteiger partial charge in [-0.25, -0.2) is 4.79 Å². The third-order valence-corrected chi connectivity index (χ3v) is 4.60. The number of carbonyl (C=O) groups is 2. The van der Waals surface area contributed by atoms with Crippen molar-refractivity contribution in [3.8, 4) is 0 Å². The van der Waals surface area contributed by atoms with Crippen LogP contribution in [0.4, 0.5) is 15.6 Å². The first-order valence-electron chi connectivity index (χ1n) is 6.38. The van der Waals surface area contributed by atoms with Crippen LogP contribution >= 0.6 is 11.5 Å². The molecule has 0 bridgehead atoms. The average Bonchev–Trinajstić information content (AvgIpc) is 3.01. The van der Waals surface area contributed by atoms with Gasteiger partial charge in [-0.1, -0.05) is 0 Å². The van der Waals surface area contributed by atoms with Crippen molar-refractivity contribution < 1.29 is 9.59 Å². The quantitative estimate of drug-likeness (QED) is 0.669. The average molecular weight is 296 g/mol. The molecule has 8 nitrogen and oxygen atoms in total. The number of piperazine rings is 1. The minimum atomic E-state index is -0.227. The Kier molecular flexibility index (Phi) is 3.13. The number of amides is 3. The molecular weight excluding hydrogens is 280 g/mol. The number of nitrogens with two attached hydrogens (primary N) is 1. The summed E-state index contributed by atoms with van der Waals surface area (Å²) in [7, 11) is 1.57. The van der Waals surface area contributed by atoms with Crippen molar-refractivity contribution in [1.82, 2.24) is 19.9 Å². The van der Waals surface area contributed by atoms with Crippen molar-refractivity contribution in [2.24, 2.45) is 0 Å². The third kappa shape index (κ3) is 1.94. The number of carbonyl (C=O) groups excluding carboxylic acids is 2. The first-order valence-corrected chi connectivity index (χ1v) is 7.15. The molecule has 2 fully saturated rings. The van der Waals surface area contributed by atoms with Gasteiger partial charge in [0, 0.05) is 33.2 Å². The molecule has 9 heteroatoms. The second-order valence-corrected chi connectivity index (χ2v) is 5.56. The zero-order chi connectivity index (χ0) is 14.3. The van der Waals surface area contributed by atoms with E-state index in [1.54, 1.807) is 7.05 Å². The fourth-order valence-corrected chi connectivity index (χ4v) is 3.48. The van der Waals surface area contributed by atoms with E-state index in [0.717, 1.165) is 5.00 Å². The maximum Gasteiger partial charge on any atom is 0.317 e. The molecule has 1 aromatic heterocycles. The fourth-order valence-electron chi connectivity index (χ4n) is 2.64. The molecule has 20 heavy (non-hydrogen) atoms. The SMILES string of the molecule is CNC(=O)c1c(N)nsc1N1CCN2C(=O)NCC2C1. The van der Waals surface area contributed by atoms with Gasteiger partial charge in [0.25, 0.3) is 5.91 Å². The number of aromatic nitrogens is 1. The van der Waals surface area contributed by atoms with E-state index in [1.807, 2.05) is 4.90 Å². The van der Waals surface area contributed by atoms with Crippen LogP contribution in [0, 0.1) is 0 Å². The fraction of sp³-hybridized carbons (Fsp3) is 0.545. The first-order chi connectivity index (χ1) is 9.61. The lowest BCUT2D eigenvalue weighted by atomic mass is 10.2. The van der Waals surface area contributed by atoms with E-state index in [9.17, 15) is 9.59 Å². The Hall–Kier alpha value is -2.03. The topological polar surface area (TPSA) is 104 Å². The Morgan fingerprint density at radius 3 is 3.10 bits per heavy atom. The number of nitrogen functional groups attached to an aromatic ring is 1. The van der Waals surface area contributed by atoms with Gasteiger partial charge in [0.15, 0.2) is 5.82 Å². The summed E-state index contributed by atoms with van der Waals surface area (Å²) < 4.78 is 4.08. The van der Waals surface area contributed by atoms with E-state index < -0.39 is 0 Å². The third-order valence-electron chi connectivity index (χ3n) is 3.67. The molecular formula is C11H16N6O2S. The van der Waals surface area contributed by atoms with Gasteiger partial charge in [-0.2, -0.15) is 4.37 Å². The van der Waals surface area contributed by atoms with Crippen LogP contribution in [0.25, 0.3) is 0 Å². The van der Waals surface area contributed by atoms with Gasteiger partial charge in [-0.15, -0.1) is 0 Å². The molecule has 0 spiro atoms. The normalized spacial score (nSPS) is 21.6. The first kappa shape index (κ1) is 13.0. The van der Waals surface area contributed by atoms with Crippen LogP contribution in [0.15, 0.2) is 0 Å². The smallest absolute Gasteiger partial charge is 0.317 e. The predicted molar refractivity (Wildman–Crippen MR) is 76.0 cm³/mol. The van der Waals surface area contributed by atoms with Crippen molar-refractivity contribution in [2.45, 2.75) is 6.04 Å². The number of nitrogens with zero attached hydrogens (tertiary/aromatic N) is 3. The summed E-state index contributed by atoms with van der Waals surface area (Å²) in [6, 6.07) is 0.127. The summed E-state index contributed by atoms with van der Waals surface area (Å²) in [5.74, 6) is 0.0294. The van der Waals surface area contributed by atoms with Crippen molar-refractivity contribution in [3.63, 3.8) is 0 Å². The van der Waals surface area contributed by atoms with Crippen molar-refractivity contribution in [2.75, 3.05) is 43.9 Å². The highest BCUT2D eigenvalue weighted by Crippen LogP contribution is 2.32. The summed E-state index contributed by atoms with van der Waals surface area (Å²) in [5, 5.41) is 6.20. The number of fused-ring (bicyclic) bond motifs is 1. The molecule has 4 N–H and O–H groups in total. The molecule has 3 heterocycles. The summed E-state index contributed by atoms with van der Waals surface area (Å²) in [5.41, 5.74) is 6.22. The maximum atomic E-state index is 11.9. The van der Waals surface area contributed by atoms with Gasteiger partial charge >= 0.3 is 6.03 Å². The molecule has 1 atom stereocenters. The lowest BCUT2D eigenvalue weighted by Gasteiger charge is -2.37.